The molecule has 0 spiro atoms. The zero-order valence-corrected chi connectivity index (χ0v) is 39.2. The van der Waals surface area contributed by atoms with Crippen molar-refractivity contribution in [3.8, 4) is 28.9 Å². The van der Waals surface area contributed by atoms with Crippen LogP contribution in [0.3, 0.4) is 0 Å². The second-order valence-electron chi connectivity index (χ2n) is 14.1. The Morgan fingerprint density at radius 2 is 1.15 bits per heavy atom. The number of benzene rings is 2. The summed E-state index contributed by atoms with van der Waals surface area (Å²) in [5, 5.41) is 4.99. The van der Waals surface area contributed by atoms with Crippen LogP contribution in [-0.2, 0) is 13.6 Å². The number of nitrogens with one attached hydrogen (secondary N) is 2. The monoisotopic (exact) mass is 1030 g/mol. The molecule has 2 heterocycles. The Labute approximate surface area is 396 Å². The lowest BCUT2D eigenvalue weighted by atomic mass is 10.2. The highest BCUT2D eigenvalue weighted by Gasteiger charge is 2.27. The Balaban J connectivity index is 0.000000258. The summed E-state index contributed by atoms with van der Waals surface area (Å²) < 4.78 is 100. The minimum atomic E-state index is -3.22. The molecule has 2 aromatic heterocycles. The number of rotatable bonds is 23. The highest BCUT2D eigenvalue weighted by atomic mass is 35.5. The van der Waals surface area contributed by atoms with Crippen LogP contribution >= 0.6 is 65.6 Å². The van der Waals surface area contributed by atoms with Gasteiger partial charge in [0.05, 0.1) is 66.8 Å². The molecule has 0 radical (unpaired) electrons. The molecular formula is C41H42Cl5F4N4O10P. The quantitative estimate of drug-likeness (QED) is 0.0313. The predicted octanol–water partition coefficient (Wildman–Crippen LogP) is 12.8. The molecular weight excluding hydrogens is 993 g/mol. The third-order valence-electron chi connectivity index (χ3n) is 9.00. The van der Waals surface area contributed by atoms with Crippen LogP contribution in [0.2, 0.25) is 25.2 Å². The van der Waals surface area contributed by atoms with Gasteiger partial charge in [0.25, 0.3) is 11.8 Å². The number of ether oxygens (including phenoxy) is 5. The summed E-state index contributed by atoms with van der Waals surface area (Å²) in [5.74, 6) is -0.772. The van der Waals surface area contributed by atoms with E-state index in [0.29, 0.717) is 31.5 Å². The van der Waals surface area contributed by atoms with Crippen molar-refractivity contribution in [2.24, 2.45) is 11.8 Å². The van der Waals surface area contributed by atoms with Gasteiger partial charge in [-0.05, 0) is 94.2 Å². The van der Waals surface area contributed by atoms with Gasteiger partial charge in [-0.1, -0.05) is 58.0 Å². The summed E-state index contributed by atoms with van der Waals surface area (Å²) in [6.07, 6.45) is 7.05. The Hall–Kier alpha value is -4.00. The first-order chi connectivity index (χ1) is 31.0. The fourth-order valence-electron chi connectivity index (χ4n) is 5.48. The second kappa shape index (κ2) is 24.7. The maximum absolute atomic E-state index is 12.9. The van der Waals surface area contributed by atoms with Gasteiger partial charge in [-0.3, -0.25) is 14.2 Å². The van der Waals surface area contributed by atoms with Crippen molar-refractivity contribution in [2.45, 2.75) is 59.2 Å². The standard InChI is InChI=1S/C24H29Cl2F2N2O7P.C17H13Cl3F2N2O3/c1-3-35-38(32,36-4-2)11-5-10-33-23-20(26)21(17(25)13-29-23)30-22(31)16-8-9-18(34-14-15-6-7-15)19(12-16)37-24(27)28;18-10-6-23-15(20)13(19)14(10)24-16(25)9-3-4-11(26-7-8-1-2-8)12(5-9)27-17(21)22/h8-9,12-13,15,24H,3-7,10-11,14H2,1-2H3,(H,29,30,31);3-6,8,17H,1-2,7H2,(H,23,24,25). The number of anilines is 2. The molecule has 6 rings (SSSR count). The van der Waals surface area contributed by atoms with E-state index in [1.807, 2.05) is 0 Å². The Morgan fingerprint density at radius 1 is 0.692 bits per heavy atom. The average molecular weight is 1040 g/mol. The van der Waals surface area contributed by atoms with E-state index in [4.69, 9.17) is 81.3 Å². The fraction of sp³-hybridized carbons (Fsp3) is 0.415. The van der Waals surface area contributed by atoms with Crippen LogP contribution in [0.1, 0.15) is 66.7 Å². The molecule has 2 N–H and O–H groups in total. The lowest BCUT2D eigenvalue weighted by Gasteiger charge is -2.17. The molecule has 0 bridgehead atoms. The molecule has 0 saturated heterocycles. The van der Waals surface area contributed by atoms with Gasteiger partial charge in [-0.15, -0.1) is 0 Å². The number of amides is 2. The van der Waals surface area contributed by atoms with Crippen LogP contribution in [0.15, 0.2) is 48.8 Å². The van der Waals surface area contributed by atoms with Gasteiger partial charge in [0.1, 0.15) is 15.2 Å². The lowest BCUT2D eigenvalue weighted by Crippen LogP contribution is -2.14. The number of alkyl halides is 4. The van der Waals surface area contributed by atoms with Crippen molar-refractivity contribution >= 4 is 88.8 Å². The summed E-state index contributed by atoms with van der Waals surface area (Å²) in [4.78, 5) is 33.2. The minimum absolute atomic E-state index is 0.00781. The van der Waals surface area contributed by atoms with Crippen molar-refractivity contribution in [3.05, 3.63) is 85.2 Å². The van der Waals surface area contributed by atoms with E-state index in [1.54, 1.807) is 13.8 Å². The first-order valence-electron chi connectivity index (χ1n) is 19.9. The largest absolute Gasteiger partial charge is 0.489 e. The molecule has 65 heavy (non-hydrogen) atoms. The van der Waals surface area contributed by atoms with Crippen molar-refractivity contribution < 1.29 is 64.4 Å². The van der Waals surface area contributed by atoms with E-state index in [9.17, 15) is 31.7 Å². The van der Waals surface area contributed by atoms with Crippen LogP contribution in [0, 0.1) is 11.8 Å². The third kappa shape index (κ3) is 16.1. The molecule has 0 aliphatic heterocycles. The summed E-state index contributed by atoms with van der Waals surface area (Å²) in [6, 6.07) is 7.93. The van der Waals surface area contributed by atoms with Crippen LogP contribution in [0.5, 0.6) is 28.9 Å². The summed E-state index contributed by atoms with van der Waals surface area (Å²) in [6.45, 7) is -1.35. The van der Waals surface area contributed by atoms with E-state index in [1.165, 1.54) is 36.7 Å². The number of pyridine rings is 2. The number of carbonyl (C=O) groups is 2. The van der Waals surface area contributed by atoms with Gasteiger partial charge in [0.15, 0.2) is 23.0 Å². The van der Waals surface area contributed by atoms with E-state index >= 15 is 0 Å². The normalized spacial score (nSPS) is 13.5. The molecule has 2 aliphatic carbocycles. The molecule has 0 unspecified atom stereocenters. The highest BCUT2D eigenvalue weighted by Crippen LogP contribution is 2.48. The van der Waals surface area contributed by atoms with E-state index < -0.39 is 32.6 Å². The third-order valence-corrected chi connectivity index (χ3v) is 12.8. The van der Waals surface area contributed by atoms with Gasteiger partial charge in [0, 0.05) is 17.3 Å². The molecule has 2 fully saturated rings. The molecule has 2 saturated carbocycles. The molecule has 2 aliphatic rings. The zero-order valence-electron chi connectivity index (χ0n) is 34.5. The van der Waals surface area contributed by atoms with Gasteiger partial charge < -0.3 is 43.4 Å². The van der Waals surface area contributed by atoms with Crippen molar-refractivity contribution in [1.82, 2.24) is 9.97 Å². The second-order valence-corrected chi connectivity index (χ2v) is 18.2. The number of aromatic nitrogens is 2. The number of halogens is 9. The molecule has 24 heteroatoms. The average Bonchev–Trinajstić information content (AvgIpc) is 4.20. The van der Waals surface area contributed by atoms with Crippen LogP contribution < -0.4 is 34.3 Å². The Bertz CT molecular complexity index is 2330. The van der Waals surface area contributed by atoms with E-state index in [2.05, 4.69) is 30.1 Å². The van der Waals surface area contributed by atoms with Crippen molar-refractivity contribution in [1.29, 1.82) is 0 Å². The van der Waals surface area contributed by atoms with Crippen molar-refractivity contribution in [2.75, 3.05) is 49.8 Å². The number of carbonyl (C=O) groups excluding carboxylic acids is 2. The zero-order chi connectivity index (χ0) is 47.3. The minimum Gasteiger partial charge on any atom is -0.489 e. The van der Waals surface area contributed by atoms with Crippen LogP contribution in [0.25, 0.3) is 0 Å². The lowest BCUT2D eigenvalue weighted by molar-refractivity contribution is -0.0521. The van der Waals surface area contributed by atoms with Gasteiger partial charge in [-0.25, -0.2) is 9.97 Å². The van der Waals surface area contributed by atoms with Gasteiger partial charge >= 0.3 is 20.8 Å². The molecule has 4 aromatic rings. The van der Waals surface area contributed by atoms with Gasteiger partial charge in [-0.2, -0.15) is 17.6 Å². The Kier molecular flexibility index (Phi) is 19.7. The molecule has 14 nitrogen and oxygen atoms in total. The maximum Gasteiger partial charge on any atom is 0.387 e. The first-order valence-corrected chi connectivity index (χ1v) is 23.5. The van der Waals surface area contributed by atoms with E-state index in [0.717, 1.165) is 37.8 Å². The SMILES string of the molecule is CCOP(=O)(CCCOc1ncc(Cl)c(NC(=O)c2ccc(OCC3CC3)c(OC(F)F)c2)c1Cl)OCC.O=C(Nc1c(Cl)cnc(Cl)c1Cl)c1ccc(OCC2CC2)c(OC(F)F)c1. The van der Waals surface area contributed by atoms with Gasteiger partial charge in [0.2, 0.25) is 5.88 Å². The molecule has 354 valence electrons. The smallest absolute Gasteiger partial charge is 0.387 e. The van der Waals surface area contributed by atoms with Crippen molar-refractivity contribution in [3.63, 3.8) is 0 Å². The summed E-state index contributed by atoms with van der Waals surface area (Å²) in [7, 11) is -3.22. The first kappa shape index (κ1) is 52.0. The van der Waals surface area contributed by atoms with E-state index in [-0.39, 0.29) is 103 Å². The predicted molar refractivity (Wildman–Crippen MR) is 238 cm³/mol. The number of nitrogens with zero attached hydrogens (tertiary/aromatic N) is 2. The summed E-state index contributed by atoms with van der Waals surface area (Å²) in [5.41, 5.74) is 0.134. The molecule has 0 atom stereocenters. The highest BCUT2D eigenvalue weighted by molar-refractivity contribution is 7.53. The maximum atomic E-state index is 12.9. The summed E-state index contributed by atoms with van der Waals surface area (Å²) >= 11 is 30.4. The Morgan fingerprint density at radius 3 is 1.60 bits per heavy atom. The number of hydrogen-bond donors (Lipinski definition) is 2. The van der Waals surface area contributed by atoms with Crippen LogP contribution in [-0.4, -0.2) is 74.2 Å². The number of hydrogen-bond acceptors (Lipinski definition) is 12. The fourth-order valence-corrected chi connectivity index (χ4v) is 8.18. The molecule has 2 aromatic carbocycles. The van der Waals surface area contributed by atoms with Crippen LogP contribution in [0.4, 0.5) is 28.9 Å². The topological polar surface area (TPSA) is 166 Å². The molecule has 2 amide bonds.